The number of aromatic nitrogens is 1. The lowest BCUT2D eigenvalue weighted by molar-refractivity contribution is 0.0955. The van der Waals surface area contributed by atoms with Gasteiger partial charge in [-0.3, -0.25) is 9.78 Å². The molecule has 158 valence electrons. The summed E-state index contributed by atoms with van der Waals surface area (Å²) in [6.45, 7) is 11.0. The molecule has 4 heteroatoms. The lowest BCUT2D eigenvalue weighted by Gasteiger charge is -2.32. The van der Waals surface area contributed by atoms with Crippen molar-refractivity contribution >= 4 is 12.1 Å². The van der Waals surface area contributed by atoms with Crippen LogP contribution in [0, 0.1) is 5.41 Å². The summed E-state index contributed by atoms with van der Waals surface area (Å²) < 4.78 is 0. The number of carbonyl (C=O) groups is 1. The number of hydrogen-bond donors (Lipinski definition) is 1. The maximum Gasteiger partial charge on any atom is 0.271 e. The van der Waals surface area contributed by atoms with E-state index >= 15 is 0 Å². The lowest BCUT2D eigenvalue weighted by Crippen LogP contribution is -2.19. The zero-order valence-corrected chi connectivity index (χ0v) is 18.8. The number of hydrazone groups is 1. The molecule has 4 nitrogen and oxygen atoms in total. The fourth-order valence-electron chi connectivity index (χ4n) is 3.51. The highest BCUT2D eigenvalue weighted by Gasteiger charge is 2.26. The van der Waals surface area contributed by atoms with Gasteiger partial charge in [-0.05, 0) is 74.8 Å². The molecule has 0 saturated heterocycles. The minimum absolute atomic E-state index is 0.257. The van der Waals surface area contributed by atoms with Crippen LogP contribution < -0.4 is 5.43 Å². The molecule has 1 amide bonds. The summed E-state index contributed by atoms with van der Waals surface area (Å²) in [4.78, 5) is 15.8. The second-order valence-electron chi connectivity index (χ2n) is 8.40. The Morgan fingerprint density at radius 2 is 1.83 bits per heavy atom. The van der Waals surface area contributed by atoms with Crippen LogP contribution in [0.15, 0.2) is 88.4 Å². The van der Waals surface area contributed by atoms with Crippen LogP contribution in [0.5, 0.6) is 0 Å². The van der Waals surface area contributed by atoms with E-state index < -0.39 is 0 Å². The molecular weight excluding hydrogens is 370 g/mol. The highest BCUT2D eigenvalue weighted by atomic mass is 16.2. The molecule has 0 aliphatic heterocycles. The molecule has 1 N–H and O–H groups in total. The molecular formula is C26H33N3O. The topological polar surface area (TPSA) is 54.4 Å². The Balaban J connectivity index is 1.88. The third-order valence-corrected chi connectivity index (χ3v) is 5.29. The monoisotopic (exact) mass is 403 g/mol. The fourth-order valence-corrected chi connectivity index (χ4v) is 3.51. The van der Waals surface area contributed by atoms with Crippen LogP contribution in [0.25, 0.3) is 0 Å². The van der Waals surface area contributed by atoms with E-state index in [9.17, 15) is 4.79 Å². The molecule has 0 aromatic carbocycles. The van der Waals surface area contributed by atoms with Crippen molar-refractivity contribution in [3.63, 3.8) is 0 Å². The number of rotatable bonds is 7. The molecule has 0 radical (unpaired) electrons. The van der Waals surface area contributed by atoms with Gasteiger partial charge in [-0.15, -0.1) is 0 Å². The summed E-state index contributed by atoms with van der Waals surface area (Å²) in [6.07, 6.45) is 21.0. The van der Waals surface area contributed by atoms with Gasteiger partial charge < -0.3 is 0 Å². The number of amides is 1. The molecule has 0 atom stereocenters. The van der Waals surface area contributed by atoms with Crippen LogP contribution in [0.4, 0.5) is 0 Å². The van der Waals surface area contributed by atoms with E-state index in [0.717, 1.165) is 5.57 Å². The van der Waals surface area contributed by atoms with Crippen LogP contribution in [-0.4, -0.2) is 17.1 Å². The van der Waals surface area contributed by atoms with Gasteiger partial charge >= 0.3 is 0 Å². The number of nitrogens with zero attached hydrogens (tertiary/aromatic N) is 2. The molecule has 2 rings (SSSR count). The molecule has 0 fully saturated rings. The SMILES string of the molecule is CC1=C(C=C/C(C)=C/C=C/C(C)=C/C=N/NC(=O)c2ccncc2)C(C)(C)CCC1. The quantitative estimate of drug-likeness (QED) is 0.329. The largest absolute Gasteiger partial charge is 0.271 e. The van der Waals surface area contributed by atoms with Crippen molar-refractivity contribution in [2.75, 3.05) is 0 Å². The maximum absolute atomic E-state index is 11.9. The third kappa shape index (κ3) is 7.43. The van der Waals surface area contributed by atoms with Gasteiger partial charge in [0, 0.05) is 24.2 Å². The highest BCUT2D eigenvalue weighted by Crippen LogP contribution is 2.40. The Hall–Kier alpha value is -3.01. The van der Waals surface area contributed by atoms with Crippen molar-refractivity contribution in [3.05, 3.63) is 88.8 Å². The average molecular weight is 404 g/mol. The van der Waals surface area contributed by atoms with Crippen LogP contribution >= 0.6 is 0 Å². The van der Waals surface area contributed by atoms with E-state index in [1.54, 1.807) is 30.7 Å². The Morgan fingerprint density at radius 1 is 1.13 bits per heavy atom. The number of nitrogens with one attached hydrogen (secondary N) is 1. The van der Waals surface area contributed by atoms with E-state index in [2.05, 4.69) is 61.4 Å². The van der Waals surface area contributed by atoms with E-state index in [1.165, 1.54) is 36.0 Å². The van der Waals surface area contributed by atoms with E-state index in [-0.39, 0.29) is 11.3 Å². The van der Waals surface area contributed by atoms with Crippen LogP contribution in [0.1, 0.15) is 64.2 Å². The normalized spacial score (nSPS) is 18.0. The summed E-state index contributed by atoms with van der Waals surface area (Å²) >= 11 is 0. The van der Waals surface area contributed by atoms with E-state index in [4.69, 9.17) is 0 Å². The van der Waals surface area contributed by atoms with Crippen LogP contribution in [-0.2, 0) is 0 Å². The van der Waals surface area contributed by atoms with Gasteiger partial charge in [-0.1, -0.05) is 55.4 Å². The Morgan fingerprint density at radius 3 is 2.53 bits per heavy atom. The summed E-state index contributed by atoms with van der Waals surface area (Å²) in [5, 5.41) is 3.95. The number of hydrogen-bond acceptors (Lipinski definition) is 3. The van der Waals surface area contributed by atoms with Gasteiger partial charge in [0.15, 0.2) is 0 Å². The Kier molecular flexibility index (Phi) is 8.72. The van der Waals surface area contributed by atoms with Gasteiger partial charge in [0.1, 0.15) is 0 Å². The van der Waals surface area contributed by atoms with Gasteiger partial charge in [-0.25, -0.2) is 5.43 Å². The van der Waals surface area contributed by atoms with Crippen molar-refractivity contribution < 1.29 is 4.79 Å². The maximum atomic E-state index is 11.9. The molecule has 1 aliphatic rings. The molecule has 0 saturated carbocycles. The first kappa shape index (κ1) is 23.3. The summed E-state index contributed by atoms with van der Waals surface area (Å²) in [6, 6.07) is 3.29. The minimum Gasteiger partial charge on any atom is -0.267 e. The lowest BCUT2D eigenvalue weighted by atomic mass is 9.72. The molecule has 0 unspecified atom stereocenters. The second-order valence-corrected chi connectivity index (χ2v) is 8.40. The standard InChI is InChI=1S/C26H33N3O/c1-20(11-12-24-22(3)10-7-16-26(24,4)5)8-6-9-21(2)13-19-28-29-25(30)23-14-17-27-18-15-23/h6,8-9,11-15,17-19H,7,10,16H2,1-5H3,(H,29,30)/b9-6+,12-11?,20-8+,21-13+,28-19+. The van der Waals surface area contributed by atoms with Crippen molar-refractivity contribution in [1.82, 2.24) is 10.4 Å². The molecule has 0 bridgehead atoms. The van der Waals surface area contributed by atoms with Crippen molar-refractivity contribution in [2.45, 2.75) is 53.9 Å². The van der Waals surface area contributed by atoms with Gasteiger partial charge in [0.25, 0.3) is 5.91 Å². The van der Waals surface area contributed by atoms with Crippen molar-refractivity contribution in [2.24, 2.45) is 10.5 Å². The molecule has 30 heavy (non-hydrogen) atoms. The smallest absolute Gasteiger partial charge is 0.267 e. The first-order chi connectivity index (χ1) is 14.3. The molecule has 0 spiro atoms. The fraction of sp³-hybridized carbons (Fsp3) is 0.346. The Labute approximate surface area is 180 Å². The third-order valence-electron chi connectivity index (χ3n) is 5.29. The van der Waals surface area contributed by atoms with Gasteiger partial charge in [0.05, 0.1) is 0 Å². The van der Waals surface area contributed by atoms with Gasteiger partial charge in [0.2, 0.25) is 0 Å². The molecule has 1 aliphatic carbocycles. The highest BCUT2D eigenvalue weighted by molar-refractivity contribution is 5.94. The number of allylic oxidation sites excluding steroid dienone is 10. The van der Waals surface area contributed by atoms with Crippen LogP contribution in [0.2, 0.25) is 0 Å². The molecule has 1 aromatic heterocycles. The first-order valence-corrected chi connectivity index (χ1v) is 10.4. The summed E-state index contributed by atoms with van der Waals surface area (Å²) in [5.74, 6) is -0.257. The molecule has 1 aromatic rings. The van der Waals surface area contributed by atoms with Crippen molar-refractivity contribution in [1.29, 1.82) is 0 Å². The predicted octanol–water partition coefficient (Wildman–Crippen LogP) is 6.33. The zero-order chi connectivity index (χ0) is 22.0. The summed E-state index contributed by atoms with van der Waals surface area (Å²) in [5.41, 5.74) is 8.52. The number of carbonyl (C=O) groups excluding carboxylic acids is 1. The van der Waals surface area contributed by atoms with Crippen molar-refractivity contribution in [3.8, 4) is 0 Å². The average Bonchev–Trinajstić information content (AvgIpc) is 2.71. The number of pyridine rings is 1. The van der Waals surface area contributed by atoms with E-state index in [1.807, 2.05) is 25.2 Å². The minimum atomic E-state index is -0.257. The zero-order valence-electron chi connectivity index (χ0n) is 18.8. The first-order valence-electron chi connectivity index (χ1n) is 10.4. The predicted molar refractivity (Wildman–Crippen MR) is 126 cm³/mol. The van der Waals surface area contributed by atoms with Gasteiger partial charge in [-0.2, -0.15) is 5.10 Å². The van der Waals surface area contributed by atoms with E-state index in [0.29, 0.717) is 5.56 Å². The summed E-state index contributed by atoms with van der Waals surface area (Å²) in [7, 11) is 0. The van der Waals surface area contributed by atoms with Crippen LogP contribution in [0.3, 0.4) is 0 Å². The Bertz CT molecular complexity index is 913. The molecule has 1 heterocycles. The second kappa shape index (κ2) is 11.2.